The number of aromatic amines is 1. The Morgan fingerprint density at radius 3 is 3.13 bits per heavy atom. The van der Waals surface area contributed by atoms with Crippen LogP contribution in [0.1, 0.15) is 21.6 Å². The SMILES string of the molecule is O=C(NCc1ccccc1F)c1c[nH]c2c1-c1nccn1CC2. The van der Waals surface area contributed by atoms with Gasteiger partial charge in [0.1, 0.15) is 11.6 Å². The van der Waals surface area contributed by atoms with Gasteiger partial charge >= 0.3 is 0 Å². The van der Waals surface area contributed by atoms with E-state index >= 15 is 0 Å². The zero-order valence-electron chi connectivity index (χ0n) is 12.3. The van der Waals surface area contributed by atoms with Gasteiger partial charge in [0, 0.05) is 49.4 Å². The van der Waals surface area contributed by atoms with Gasteiger partial charge in [-0.3, -0.25) is 4.79 Å². The van der Waals surface area contributed by atoms with Crippen molar-refractivity contribution in [3.05, 3.63) is 65.5 Å². The van der Waals surface area contributed by atoms with Crippen LogP contribution >= 0.6 is 0 Å². The van der Waals surface area contributed by atoms with Crippen molar-refractivity contribution in [1.82, 2.24) is 19.9 Å². The molecule has 0 atom stereocenters. The van der Waals surface area contributed by atoms with Crippen molar-refractivity contribution in [2.45, 2.75) is 19.5 Å². The van der Waals surface area contributed by atoms with E-state index in [0.29, 0.717) is 11.1 Å². The highest BCUT2D eigenvalue weighted by atomic mass is 19.1. The number of nitrogens with one attached hydrogen (secondary N) is 2. The van der Waals surface area contributed by atoms with Gasteiger partial charge in [0.15, 0.2) is 0 Å². The molecule has 5 nitrogen and oxygen atoms in total. The van der Waals surface area contributed by atoms with Crippen LogP contribution in [0.4, 0.5) is 4.39 Å². The number of halogens is 1. The minimum atomic E-state index is -0.320. The highest BCUT2D eigenvalue weighted by molar-refractivity contribution is 6.01. The van der Waals surface area contributed by atoms with Crippen LogP contribution in [0, 0.1) is 5.82 Å². The maximum Gasteiger partial charge on any atom is 0.253 e. The molecule has 3 heterocycles. The van der Waals surface area contributed by atoms with Gasteiger partial charge in [0.05, 0.1) is 11.1 Å². The lowest BCUT2D eigenvalue weighted by Crippen LogP contribution is -2.24. The Morgan fingerprint density at radius 2 is 2.26 bits per heavy atom. The average molecular weight is 310 g/mol. The molecule has 3 aromatic rings. The van der Waals surface area contributed by atoms with Gasteiger partial charge < -0.3 is 14.9 Å². The largest absolute Gasteiger partial charge is 0.364 e. The molecule has 0 saturated heterocycles. The molecule has 116 valence electrons. The molecule has 1 aliphatic rings. The smallest absolute Gasteiger partial charge is 0.253 e. The summed E-state index contributed by atoms with van der Waals surface area (Å²) < 4.78 is 15.7. The van der Waals surface area contributed by atoms with Crippen molar-refractivity contribution in [2.75, 3.05) is 0 Å². The number of imidazole rings is 1. The van der Waals surface area contributed by atoms with E-state index in [1.807, 2.05) is 10.8 Å². The number of carbonyl (C=O) groups excluding carboxylic acids is 1. The fraction of sp³-hybridized carbons (Fsp3) is 0.176. The molecular weight excluding hydrogens is 295 g/mol. The van der Waals surface area contributed by atoms with Crippen LogP contribution in [0.25, 0.3) is 11.4 Å². The predicted molar refractivity (Wildman–Crippen MR) is 83.3 cm³/mol. The fourth-order valence-corrected chi connectivity index (χ4v) is 2.96. The van der Waals surface area contributed by atoms with Crippen LogP contribution in [0.5, 0.6) is 0 Å². The summed E-state index contributed by atoms with van der Waals surface area (Å²) in [6.07, 6.45) is 6.18. The third-order valence-electron chi connectivity index (χ3n) is 4.15. The lowest BCUT2D eigenvalue weighted by atomic mass is 10.0. The molecule has 0 bridgehead atoms. The fourth-order valence-electron chi connectivity index (χ4n) is 2.96. The molecule has 0 spiro atoms. The molecule has 0 unspecified atom stereocenters. The van der Waals surface area contributed by atoms with E-state index in [4.69, 9.17) is 0 Å². The van der Waals surface area contributed by atoms with E-state index in [9.17, 15) is 9.18 Å². The van der Waals surface area contributed by atoms with Crippen molar-refractivity contribution in [3.63, 3.8) is 0 Å². The molecule has 0 aliphatic carbocycles. The van der Waals surface area contributed by atoms with Crippen LogP contribution < -0.4 is 5.32 Å². The third-order valence-corrected chi connectivity index (χ3v) is 4.15. The number of hydrogen-bond acceptors (Lipinski definition) is 2. The molecule has 6 heteroatoms. The maximum atomic E-state index is 13.6. The van der Waals surface area contributed by atoms with Gasteiger partial charge in [-0.05, 0) is 6.07 Å². The van der Waals surface area contributed by atoms with Crippen molar-refractivity contribution in [1.29, 1.82) is 0 Å². The summed E-state index contributed by atoms with van der Waals surface area (Å²) in [5.74, 6) is 0.241. The van der Waals surface area contributed by atoms with E-state index in [0.717, 1.165) is 30.0 Å². The monoisotopic (exact) mass is 310 g/mol. The van der Waals surface area contributed by atoms with Gasteiger partial charge in [-0.1, -0.05) is 18.2 Å². The number of nitrogens with zero attached hydrogens (tertiary/aromatic N) is 2. The zero-order valence-corrected chi connectivity index (χ0v) is 12.3. The van der Waals surface area contributed by atoms with Crippen molar-refractivity contribution < 1.29 is 9.18 Å². The molecule has 0 radical (unpaired) electrons. The summed E-state index contributed by atoms with van der Waals surface area (Å²) in [7, 11) is 0. The summed E-state index contributed by atoms with van der Waals surface area (Å²) in [6, 6.07) is 6.42. The van der Waals surface area contributed by atoms with E-state index in [-0.39, 0.29) is 18.3 Å². The van der Waals surface area contributed by atoms with E-state index in [2.05, 4.69) is 15.3 Å². The second-order valence-corrected chi connectivity index (χ2v) is 5.52. The van der Waals surface area contributed by atoms with Gasteiger partial charge in [-0.15, -0.1) is 0 Å². The number of H-pyrrole nitrogens is 1. The summed E-state index contributed by atoms with van der Waals surface area (Å²) in [5.41, 5.74) is 2.86. The summed E-state index contributed by atoms with van der Waals surface area (Å²) in [6.45, 7) is 0.999. The second kappa shape index (κ2) is 5.39. The molecule has 1 amide bonds. The quantitative estimate of drug-likeness (QED) is 0.781. The molecule has 23 heavy (non-hydrogen) atoms. The number of benzene rings is 1. The number of hydrogen-bond donors (Lipinski definition) is 2. The Kier molecular flexibility index (Phi) is 3.22. The van der Waals surface area contributed by atoms with Crippen molar-refractivity contribution in [3.8, 4) is 11.4 Å². The Morgan fingerprint density at radius 1 is 1.39 bits per heavy atom. The lowest BCUT2D eigenvalue weighted by molar-refractivity contribution is 0.0951. The van der Waals surface area contributed by atoms with Crippen LogP contribution in [-0.4, -0.2) is 20.4 Å². The van der Waals surface area contributed by atoms with Crippen LogP contribution in [0.3, 0.4) is 0 Å². The van der Waals surface area contributed by atoms with Crippen molar-refractivity contribution in [2.24, 2.45) is 0 Å². The molecule has 0 fully saturated rings. The molecule has 0 saturated carbocycles. The molecule has 1 aromatic carbocycles. The summed E-state index contributed by atoms with van der Waals surface area (Å²) >= 11 is 0. The van der Waals surface area contributed by atoms with Crippen LogP contribution in [-0.2, 0) is 19.5 Å². The number of rotatable bonds is 3. The van der Waals surface area contributed by atoms with E-state index in [1.165, 1.54) is 6.07 Å². The standard InChI is InChI=1S/C17H15FN4O/c18-13-4-2-1-3-11(13)9-21-17(23)12-10-20-14-5-7-22-8-6-19-16(22)15(12)14/h1-4,6,8,10,20H,5,7,9H2,(H,21,23). The van der Waals surface area contributed by atoms with Gasteiger partial charge in [0.2, 0.25) is 0 Å². The highest BCUT2D eigenvalue weighted by Gasteiger charge is 2.25. The first-order valence-electron chi connectivity index (χ1n) is 7.47. The number of fused-ring (bicyclic) bond motifs is 3. The van der Waals surface area contributed by atoms with Gasteiger partial charge in [-0.25, -0.2) is 9.37 Å². The normalized spacial score (nSPS) is 12.6. The second-order valence-electron chi connectivity index (χ2n) is 5.52. The minimum Gasteiger partial charge on any atom is -0.364 e. The first kappa shape index (κ1) is 13.8. The average Bonchev–Trinajstić information content (AvgIpc) is 3.19. The molecular formula is C17H15FN4O. The Bertz CT molecular complexity index is 880. The molecule has 1 aliphatic heterocycles. The Labute approximate surface area is 132 Å². The van der Waals surface area contributed by atoms with E-state index in [1.54, 1.807) is 30.6 Å². The molecule has 2 aromatic heterocycles. The maximum absolute atomic E-state index is 13.6. The third kappa shape index (κ3) is 2.32. The highest BCUT2D eigenvalue weighted by Crippen LogP contribution is 2.30. The first-order chi connectivity index (χ1) is 11.2. The molecule has 4 rings (SSSR count). The number of aryl methyl sites for hydroxylation is 2. The Hall–Kier alpha value is -2.89. The van der Waals surface area contributed by atoms with Crippen LogP contribution in [0.15, 0.2) is 42.9 Å². The van der Waals surface area contributed by atoms with Crippen LogP contribution in [0.2, 0.25) is 0 Å². The van der Waals surface area contributed by atoms with Gasteiger partial charge in [-0.2, -0.15) is 0 Å². The van der Waals surface area contributed by atoms with Gasteiger partial charge in [0.25, 0.3) is 5.91 Å². The lowest BCUT2D eigenvalue weighted by Gasteiger charge is -2.15. The zero-order chi connectivity index (χ0) is 15.8. The summed E-state index contributed by atoms with van der Waals surface area (Å²) in [5, 5.41) is 2.78. The first-order valence-corrected chi connectivity index (χ1v) is 7.47. The number of amides is 1. The summed E-state index contributed by atoms with van der Waals surface area (Å²) in [4.78, 5) is 20.0. The number of carbonyl (C=O) groups is 1. The van der Waals surface area contributed by atoms with Crippen molar-refractivity contribution >= 4 is 5.91 Å². The molecule has 2 N–H and O–H groups in total. The predicted octanol–water partition coefficient (Wildman–Crippen LogP) is 2.50. The number of aromatic nitrogens is 3. The Balaban J connectivity index is 1.59. The topological polar surface area (TPSA) is 62.7 Å². The minimum absolute atomic E-state index is 0.153. The van der Waals surface area contributed by atoms with E-state index < -0.39 is 0 Å².